The molecule has 1 rings (SSSR count). The van der Waals surface area contributed by atoms with E-state index in [-0.39, 0.29) is 16.2 Å². The number of methoxy groups -OCH3 is 1. The van der Waals surface area contributed by atoms with E-state index in [1.165, 1.54) is 20.1 Å². The first-order valence-electron chi connectivity index (χ1n) is 6.08. The second-order valence-electron chi connectivity index (χ2n) is 4.31. The number of ether oxygens (including phenoxy) is 2. The molecule has 11 heteroatoms. The molecule has 0 spiro atoms. The van der Waals surface area contributed by atoms with Crippen molar-refractivity contribution in [1.82, 2.24) is 5.32 Å². The van der Waals surface area contributed by atoms with Crippen LogP contribution >= 0.6 is 0 Å². The van der Waals surface area contributed by atoms with Crippen LogP contribution < -0.4 is 20.9 Å². The Labute approximate surface area is 131 Å². The van der Waals surface area contributed by atoms with Crippen LogP contribution in [0.3, 0.4) is 0 Å². The summed E-state index contributed by atoms with van der Waals surface area (Å²) in [4.78, 5) is 33.8. The Bertz CT molecular complexity index is 745. The fourth-order valence-corrected chi connectivity index (χ4v) is 2.06. The van der Waals surface area contributed by atoms with Crippen molar-refractivity contribution in [3.8, 4) is 5.75 Å². The lowest BCUT2D eigenvalue weighted by atomic mass is 10.2. The summed E-state index contributed by atoms with van der Waals surface area (Å²) in [7, 11) is -2.79. The van der Waals surface area contributed by atoms with Crippen molar-refractivity contribution in [3.05, 3.63) is 23.8 Å². The zero-order valence-electron chi connectivity index (χ0n) is 12.2. The van der Waals surface area contributed by atoms with Crippen LogP contribution in [-0.4, -0.2) is 39.5 Å². The Balaban J connectivity index is 3.07. The maximum atomic E-state index is 12.1. The molecule has 1 aromatic carbocycles. The summed E-state index contributed by atoms with van der Waals surface area (Å²) in [6.45, 7) is 1.20. The molecular formula is C12H15N3O7S. The van der Waals surface area contributed by atoms with Gasteiger partial charge in [0.15, 0.2) is 6.10 Å². The molecule has 0 unspecified atom stereocenters. The summed E-state index contributed by atoms with van der Waals surface area (Å²) in [5, 5.41) is 6.72. The number of rotatable bonds is 5. The predicted octanol–water partition coefficient (Wildman–Crippen LogP) is -0.917. The summed E-state index contributed by atoms with van der Waals surface area (Å²) in [5.41, 5.74) is 4.52. The van der Waals surface area contributed by atoms with Crippen molar-refractivity contribution in [2.75, 3.05) is 7.11 Å². The van der Waals surface area contributed by atoms with Gasteiger partial charge >= 0.3 is 12.0 Å². The summed E-state index contributed by atoms with van der Waals surface area (Å²) in [6, 6.07) is 2.21. The third-order valence-electron chi connectivity index (χ3n) is 2.62. The van der Waals surface area contributed by atoms with Crippen molar-refractivity contribution in [3.63, 3.8) is 0 Å². The normalized spacial score (nSPS) is 12.1. The van der Waals surface area contributed by atoms with Crippen LogP contribution in [0.2, 0.25) is 0 Å². The summed E-state index contributed by atoms with van der Waals surface area (Å²) < 4.78 is 32.4. The first kappa shape index (κ1) is 18.4. The zero-order chi connectivity index (χ0) is 17.8. The second-order valence-corrected chi connectivity index (χ2v) is 5.87. The molecule has 0 aromatic heterocycles. The SMILES string of the molecule is COc1ccc(S(N)(=O)=O)cc1C(=O)O[C@@H](C)C(=O)NC(N)=O. The third kappa shape index (κ3) is 4.93. The number of benzene rings is 1. The number of primary sulfonamides is 1. The smallest absolute Gasteiger partial charge is 0.342 e. The Morgan fingerprint density at radius 1 is 1.26 bits per heavy atom. The van der Waals surface area contributed by atoms with Gasteiger partial charge in [0.25, 0.3) is 5.91 Å². The molecule has 1 atom stereocenters. The highest BCUT2D eigenvalue weighted by Gasteiger charge is 2.23. The fourth-order valence-electron chi connectivity index (χ4n) is 1.52. The van der Waals surface area contributed by atoms with Crippen molar-refractivity contribution in [1.29, 1.82) is 0 Å². The molecule has 0 radical (unpaired) electrons. The minimum absolute atomic E-state index is 0.0184. The molecule has 0 aliphatic carbocycles. The largest absolute Gasteiger partial charge is 0.496 e. The van der Waals surface area contributed by atoms with Crippen molar-refractivity contribution < 1.29 is 32.3 Å². The molecule has 0 fully saturated rings. The van der Waals surface area contributed by atoms with E-state index < -0.39 is 34.0 Å². The Kier molecular flexibility index (Phi) is 5.65. The van der Waals surface area contributed by atoms with Gasteiger partial charge in [-0.05, 0) is 25.1 Å². The van der Waals surface area contributed by atoms with Crippen LogP contribution in [-0.2, 0) is 19.6 Å². The molecule has 126 valence electrons. The summed E-state index contributed by atoms with van der Waals surface area (Å²) >= 11 is 0. The van der Waals surface area contributed by atoms with E-state index in [1.54, 1.807) is 5.32 Å². The molecule has 10 nitrogen and oxygen atoms in total. The van der Waals surface area contributed by atoms with E-state index in [4.69, 9.17) is 20.3 Å². The molecule has 5 N–H and O–H groups in total. The van der Waals surface area contributed by atoms with Crippen molar-refractivity contribution in [2.45, 2.75) is 17.9 Å². The molecule has 0 saturated carbocycles. The van der Waals surface area contributed by atoms with Crippen molar-refractivity contribution in [2.24, 2.45) is 10.9 Å². The predicted molar refractivity (Wildman–Crippen MR) is 77.0 cm³/mol. The van der Waals surface area contributed by atoms with Crippen LogP contribution in [0.25, 0.3) is 0 Å². The van der Waals surface area contributed by atoms with E-state index in [0.717, 1.165) is 12.1 Å². The van der Waals surface area contributed by atoms with Gasteiger partial charge in [-0.1, -0.05) is 0 Å². The van der Waals surface area contributed by atoms with E-state index in [9.17, 15) is 22.8 Å². The number of sulfonamides is 1. The molecule has 3 amide bonds. The molecule has 0 heterocycles. The minimum atomic E-state index is -4.05. The molecule has 0 bridgehead atoms. The second kappa shape index (κ2) is 7.07. The van der Waals surface area contributed by atoms with E-state index in [0.29, 0.717) is 0 Å². The van der Waals surface area contributed by atoms with Gasteiger partial charge < -0.3 is 15.2 Å². The topological polar surface area (TPSA) is 168 Å². The monoisotopic (exact) mass is 345 g/mol. The maximum absolute atomic E-state index is 12.1. The highest BCUT2D eigenvalue weighted by Crippen LogP contribution is 2.23. The van der Waals surface area contributed by atoms with Crippen LogP contribution in [0.15, 0.2) is 23.1 Å². The Morgan fingerprint density at radius 3 is 2.35 bits per heavy atom. The van der Waals surface area contributed by atoms with Gasteiger partial charge in [0.05, 0.1) is 12.0 Å². The van der Waals surface area contributed by atoms with E-state index in [2.05, 4.69) is 0 Å². The third-order valence-corrected chi connectivity index (χ3v) is 3.53. The number of urea groups is 1. The number of carbonyl (C=O) groups is 3. The van der Waals surface area contributed by atoms with Crippen LogP contribution in [0, 0.1) is 0 Å². The van der Waals surface area contributed by atoms with Gasteiger partial charge in [0.1, 0.15) is 11.3 Å². The van der Waals surface area contributed by atoms with E-state index >= 15 is 0 Å². The number of hydrogen-bond donors (Lipinski definition) is 3. The van der Waals surface area contributed by atoms with Crippen molar-refractivity contribution >= 4 is 27.9 Å². The van der Waals surface area contributed by atoms with Crippen LogP contribution in [0.4, 0.5) is 4.79 Å². The Morgan fingerprint density at radius 2 is 1.87 bits per heavy atom. The number of hydrogen-bond acceptors (Lipinski definition) is 7. The molecule has 0 saturated heterocycles. The number of nitrogens with two attached hydrogens (primary N) is 2. The van der Waals surface area contributed by atoms with Gasteiger partial charge in [-0.15, -0.1) is 0 Å². The van der Waals surface area contributed by atoms with Crippen LogP contribution in [0.1, 0.15) is 17.3 Å². The summed E-state index contributed by atoms with van der Waals surface area (Å²) in [5.74, 6) is -1.96. The lowest BCUT2D eigenvalue weighted by molar-refractivity contribution is -0.127. The number of imide groups is 1. The van der Waals surface area contributed by atoms with Gasteiger partial charge in [-0.3, -0.25) is 10.1 Å². The standard InChI is InChI=1S/C12H15N3O7S/c1-6(10(16)15-12(13)18)22-11(17)8-5-7(23(14,19)20)3-4-9(8)21-2/h3-6H,1-2H3,(H2,14,19,20)(H3,13,15,16,18)/t6-/m0/s1. The van der Waals surface area contributed by atoms with Crippen LogP contribution in [0.5, 0.6) is 5.75 Å². The zero-order valence-corrected chi connectivity index (χ0v) is 13.0. The highest BCUT2D eigenvalue weighted by atomic mass is 32.2. The van der Waals surface area contributed by atoms with E-state index in [1.807, 2.05) is 0 Å². The molecule has 0 aliphatic heterocycles. The number of nitrogens with one attached hydrogen (secondary N) is 1. The summed E-state index contributed by atoms with van der Waals surface area (Å²) in [6.07, 6.45) is -1.35. The lowest BCUT2D eigenvalue weighted by Gasteiger charge is -2.14. The minimum Gasteiger partial charge on any atom is -0.496 e. The molecule has 0 aliphatic rings. The number of esters is 1. The fraction of sp³-hybridized carbons (Fsp3) is 0.250. The molecule has 23 heavy (non-hydrogen) atoms. The quantitative estimate of drug-likeness (QED) is 0.580. The first-order chi connectivity index (χ1) is 10.6. The molecular weight excluding hydrogens is 330 g/mol. The number of primary amides is 1. The van der Waals surface area contributed by atoms with Gasteiger partial charge in [0.2, 0.25) is 10.0 Å². The highest BCUT2D eigenvalue weighted by molar-refractivity contribution is 7.89. The Hall–Kier alpha value is -2.66. The average molecular weight is 345 g/mol. The number of carbonyl (C=O) groups excluding carboxylic acids is 3. The first-order valence-corrected chi connectivity index (χ1v) is 7.63. The average Bonchev–Trinajstić information content (AvgIpc) is 2.44. The van der Waals surface area contributed by atoms with Gasteiger partial charge in [0, 0.05) is 0 Å². The van der Waals surface area contributed by atoms with Gasteiger partial charge in [-0.25, -0.2) is 23.1 Å². The number of amides is 3. The molecule has 1 aromatic rings. The van der Waals surface area contributed by atoms with Gasteiger partial charge in [-0.2, -0.15) is 0 Å². The maximum Gasteiger partial charge on any atom is 0.342 e. The lowest BCUT2D eigenvalue weighted by Crippen LogP contribution is -2.42.